The highest BCUT2D eigenvalue weighted by Crippen LogP contribution is 2.33. The van der Waals surface area contributed by atoms with Gasteiger partial charge in [-0.3, -0.25) is 0 Å². The summed E-state index contributed by atoms with van der Waals surface area (Å²) in [5.74, 6) is -1.39. The van der Waals surface area contributed by atoms with Crippen LogP contribution in [0.5, 0.6) is 11.5 Å². The van der Waals surface area contributed by atoms with Crippen molar-refractivity contribution in [3.63, 3.8) is 0 Å². The molecule has 1 aromatic carbocycles. The average Bonchev–Trinajstić information content (AvgIpc) is 2.33. The minimum absolute atomic E-state index is 0.0252. The van der Waals surface area contributed by atoms with Crippen LogP contribution in [-0.4, -0.2) is 24.9 Å². The van der Waals surface area contributed by atoms with Crippen molar-refractivity contribution in [3.05, 3.63) is 17.9 Å². The van der Waals surface area contributed by atoms with Gasteiger partial charge in [0.2, 0.25) is 0 Å². The van der Waals surface area contributed by atoms with Crippen molar-refractivity contribution >= 4 is 5.69 Å². The van der Waals surface area contributed by atoms with Gasteiger partial charge >= 0.3 is 6.61 Å². The topological polar surface area (TPSA) is 53.7 Å². The van der Waals surface area contributed by atoms with Crippen LogP contribution in [0.2, 0.25) is 0 Å². The van der Waals surface area contributed by atoms with Crippen LogP contribution in [0.25, 0.3) is 0 Å². The summed E-state index contributed by atoms with van der Waals surface area (Å²) in [6.45, 7) is 0.732. The van der Waals surface area contributed by atoms with Crippen molar-refractivity contribution in [2.45, 2.75) is 51.6 Å². The number of hydrogen-bond donors (Lipinski definition) is 1. The first-order valence-corrected chi connectivity index (χ1v) is 6.71. The molecule has 7 heteroatoms. The van der Waals surface area contributed by atoms with Crippen molar-refractivity contribution in [2.75, 3.05) is 5.73 Å². The summed E-state index contributed by atoms with van der Waals surface area (Å²) < 4.78 is 53.3. The van der Waals surface area contributed by atoms with Gasteiger partial charge in [-0.25, -0.2) is 4.39 Å². The third-order valence-corrected chi connectivity index (χ3v) is 3.23. The number of benzene rings is 1. The SMILES string of the molecule is CC1CC(Oc2cc(OC(F)F)c(F)cc2N)CC(C)O1. The third kappa shape index (κ3) is 4.17. The Morgan fingerprint density at radius 3 is 2.38 bits per heavy atom. The molecular formula is C14H18F3NO3. The number of nitrogen functional groups attached to an aromatic ring is 1. The zero-order valence-electron chi connectivity index (χ0n) is 11.8. The second-order valence-corrected chi connectivity index (χ2v) is 5.17. The van der Waals surface area contributed by atoms with Crippen LogP contribution in [0.4, 0.5) is 18.9 Å². The van der Waals surface area contributed by atoms with E-state index >= 15 is 0 Å². The number of anilines is 1. The molecule has 2 rings (SSSR count). The lowest BCUT2D eigenvalue weighted by Gasteiger charge is -2.32. The molecular weight excluding hydrogens is 287 g/mol. The molecule has 0 aromatic heterocycles. The Labute approximate surface area is 121 Å². The van der Waals surface area contributed by atoms with Gasteiger partial charge in [0.1, 0.15) is 11.9 Å². The molecule has 2 unspecified atom stereocenters. The first-order chi connectivity index (χ1) is 9.85. The van der Waals surface area contributed by atoms with Crippen molar-refractivity contribution in [1.82, 2.24) is 0 Å². The fourth-order valence-electron chi connectivity index (χ4n) is 2.46. The zero-order chi connectivity index (χ0) is 15.6. The van der Waals surface area contributed by atoms with Crippen molar-refractivity contribution < 1.29 is 27.4 Å². The molecule has 1 saturated heterocycles. The van der Waals surface area contributed by atoms with E-state index in [1.807, 2.05) is 13.8 Å². The molecule has 0 aliphatic carbocycles. The van der Waals surface area contributed by atoms with Gasteiger partial charge in [-0.1, -0.05) is 0 Å². The van der Waals surface area contributed by atoms with Crippen LogP contribution in [0.3, 0.4) is 0 Å². The maximum atomic E-state index is 13.5. The lowest BCUT2D eigenvalue weighted by Crippen LogP contribution is -2.35. The second kappa shape index (κ2) is 6.43. The predicted octanol–water partition coefficient (Wildman–Crippen LogP) is 3.34. The molecule has 1 aliphatic heterocycles. The largest absolute Gasteiger partial charge is 0.488 e. The Kier molecular flexibility index (Phi) is 4.82. The molecule has 0 bridgehead atoms. The summed E-state index contributed by atoms with van der Waals surface area (Å²) in [5, 5.41) is 0. The second-order valence-electron chi connectivity index (χ2n) is 5.17. The van der Waals surface area contributed by atoms with Gasteiger partial charge in [-0.15, -0.1) is 0 Å². The summed E-state index contributed by atoms with van der Waals surface area (Å²) in [6.07, 6.45) is 1.17. The standard InChI is InChI=1S/C14H18F3NO3/c1-7-3-9(4-8(2)19-7)20-13-6-12(21-14(16)17)10(15)5-11(13)18/h5-9,14H,3-4,18H2,1-2H3. The highest BCUT2D eigenvalue weighted by Gasteiger charge is 2.27. The van der Waals surface area contributed by atoms with Gasteiger partial charge in [-0.05, 0) is 13.8 Å². The fourth-order valence-corrected chi connectivity index (χ4v) is 2.46. The lowest BCUT2D eigenvalue weighted by molar-refractivity contribution is -0.0722. The van der Waals surface area contributed by atoms with Gasteiger partial charge in [0.05, 0.1) is 17.9 Å². The molecule has 2 N–H and O–H groups in total. The molecule has 1 heterocycles. The zero-order valence-corrected chi connectivity index (χ0v) is 11.8. The van der Waals surface area contributed by atoms with Gasteiger partial charge in [0.15, 0.2) is 11.6 Å². The van der Waals surface area contributed by atoms with E-state index in [0.29, 0.717) is 12.8 Å². The molecule has 0 radical (unpaired) electrons. The smallest absolute Gasteiger partial charge is 0.387 e. The van der Waals surface area contributed by atoms with E-state index in [4.69, 9.17) is 15.2 Å². The Balaban J connectivity index is 2.15. The van der Waals surface area contributed by atoms with Crippen LogP contribution in [0, 0.1) is 5.82 Å². The third-order valence-electron chi connectivity index (χ3n) is 3.23. The van der Waals surface area contributed by atoms with E-state index in [9.17, 15) is 13.2 Å². The van der Waals surface area contributed by atoms with E-state index in [1.165, 1.54) is 0 Å². The van der Waals surface area contributed by atoms with Crippen LogP contribution in [0.1, 0.15) is 26.7 Å². The number of rotatable bonds is 4. The van der Waals surface area contributed by atoms with Crippen LogP contribution in [-0.2, 0) is 4.74 Å². The fraction of sp³-hybridized carbons (Fsp3) is 0.571. The Morgan fingerprint density at radius 1 is 1.19 bits per heavy atom. The molecule has 1 fully saturated rings. The van der Waals surface area contributed by atoms with Crippen molar-refractivity contribution in [2.24, 2.45) is 0 Å². The van der Waals surface area contributed by atoms with Crippen LogP contribution >= 0.6 is 0 Å². The number of halogens is 3. The molecule has 118 valence electrons. The number of alkyl halides is 2. The summed E-state index contributed by atoms with van der Waals surface area (Å²) in [5.41, 5.74) is 5.71. The highest BCUT2D eigenvalue weighted by molar-refractivity contribution is 5.56. The monoisotopic (exact) mass is 305 g/mol. The van der Waals surface area contributed by atoms with Crippen LogP contribution < -0.4 is 15.2 Å². The van der Waals surface area contributed by atoms with Crippen LogP contribution in [0.15, 0.2) is 12.1 Å². The minimum Gasteiger partial charge on any atom is -0.488 e. The summed E-state index contributed by atoms with van der Waals surface area (Å²) in [4.78, 5) is 0. The van der Waals surface area contributed by atoms with E-state index in [1.54, 1.807) is 0 Å². The van der Waals surface area contributed by atoms with Gasteiger partial charge in [0, 0.05) is 25.0 Å². The van der Waals surface area contributed by atoms with E-state index in [-0.39, 0.29) is 29.7 Å². The molecule has 2 atom stereocenters. The molecule has 1 aliphatic rings. The summed E-state index contributed by atoms with van der Waals surface area (Å²) in [6, 6.07) is 1.97. The lowest BCUT2D eigenvalue weighted by atomic mass is 10.0. The van der Waals surface area contributed by atoms with E-state index in [2.05, 4.69) is 4.74 Å². The highest BCUT2D eigenvalue weighted by atomic mass is 19.3. The normalized spacial score (nSPS) is 25.9. The molecule has 0 spiro atoms. The molecule has 1 aromatic rings. The predicted molar refractivity (Wildman–Crippen MR) is 71.1 cm³/mol. The number of hydrogen-bond acceptors (Lipinski definition) is 4. The minimum atomic E-state index is -3.11. The maximum Gasteiger partial charge on any atom is 0.387 e. The Hall–Kier alpha value is -1.63. The number of ether oxygens (including phenoxy) is 3. The Morgan fingerprint density at radius 2 is 1.81 bits per heavy atom. The first-order valence-electron chi connectivity index (χ1n) is 6.71. The molecule has 4 nitrogen and oxygen atoms in total. The van der Waals surface area contributed by atoms with Gasteiger partial charge < -0.3 is 19.9 Å². The number of nitrogens with two attached hydrogens (primary N) is 1. The molecule has 21 heavy (non-hydrogen) atoms. The van der Waals surface area contributed by atoms with Gasteiger partial charge in [-0.2, -0.15) is 8.78 Å². The van der Waals surface area contributed by atoms with Gasteiger partial charge in [0.25, 0.3) is 0 Å². The average molecular weight is 305 g/mol. The molecule has 0 amide bonds. The summed E-state index contributed by atoms with van der Waals surface area (Å²) >= 11 is 0. The molecule has 0 saturated carbocycles. The maximum absolute atomic E-state index is 13.5. The Bertz CT molecular complexity index is 489. The van der Waals surface area contributed by atoms with E-state index < -0.39 is 18.2 Å². The van der Waals surface area contributed by atoms with Crippen molar-refractivity contribution in [3.8, 4) is 11.5 Å². The summed E-state index contributed by atoms with van der Waals surface area (Å²) in [7, 11) is 0. The van der Waals surface area contributed by atoms with Crippen molar-refractivity contribution in [1.29, 1.82) is 0 Å². The quantitative estimate of drug-likeness (QED) is 0.867. The van der Waals surface area contributed by atoms with E-state index in [0.717, 1.165) is 12.1 Å². The first kappa shape index (κ1) is 15.8.